The number of ether oxygens (including phenoxy) is 2. The molecule has 2 saturated carbocycles. The molecule has 0 amide bonds. The van der Waals surface area contributed by atoms with Gasteiger partial charge < -0.3 is 9.47 Å². The van der Waals surface area contributed by atoms with Crippen molar-refractivity contribution in [3.05, 3.63) is 0 Å². The Hall–Kier alpha value is -0.410. The maximum absolute atomic E-state index is 11.5. The Kier molecular flexibility index (Phi) is 2.33. The summed E-state index contributed by atoms with van der Waals surface area (Å²) in [6, 6.07) is 0. The fraction of sp³-hybridized carbons (Fsp3) is 0.917. The summed E-state index contributed by atoms with van der Waals surface area (Å²) < 4.78 is 11.5. The Labute approximate surface area is 90.1 Å². The highest BCUT2D eigenvalue weighted by molar-refractivity contribution is 5.78. The smallest absolute Gasteiger partial charge is 0.169 e. The van der Waals surface area contributed by atoms with Gasteiger partial charge in [0, 0.05) is 25.7 Å². The van der Waals surface area contributed by atoms with Crippen LogP contribution in [0.15, 0.2) is 0 Å². The summed E-state index contributed by atoms with van der Waals surface area (Å²) in [5, 5.41) is 0. The minimum Gasteiger partial charge on any atom is -0.348 e. The lowest BCUT2D eigenvalue weighted by atomic mass is 9.91. The standard InChI is InChI=1S/C12H18O3/c13-11-3-1-2-9-7-12(8-10(9)6-11)14-4-5-15-12/h9-10H,1-8H2/t9-,10+/m1/s1. The molecule has 3 heteroatoms. The molecule has 0 aromatic carbocycles. The molecule has 3 rings (SSSR count). The van der Waals surface area contributed by atoms with Crippen molar-refractivity contribution in [1.82, 2.24) is 0 Å². The van der Waals surface area contributed by atoms with Crippen molar-refractivity contribution in [1.29, 1.82) is 0 Å². The molecular formula is C12H18O3. The highest BCUT2D eigenvalue weighted by atomic mass is 16.7. The van der Waals surface area contributed by atoms with Crippen molar-refractivity contribution in [2.75, 3.05) is 13.2 Å². The highest BCUT2D eigenvalue weighted by Gasteiger charge is 2.49. The van der Waals surface area contributed by atoms with E-state index >= 15 is 0 Å². The number of rotatable bonds is 0. The van der Waals surface area contributed by atoms with Gasteiger partial charge in [0.2, 0.25) is 0 Å². The molecule has 2 atom stereocenters. The maximum Gasteiger partial charge on any atom is 0.169 e. The third-order valence-corrected chi connectivity index (χ3v) is 4.15. The summed E-state index contributed by atoms with van der Waals surface area (Å²) in [5.74, 6) is 1.33. The predicted octanol–water partition coefficient (Wildman–Crippen LogP) is 1.90. The van der Waals surface area contributed by atoms with E-state index in [2.05, 4.69) is 0 Å². The summed E-state index contributed by atoms with van der Waals surface area (Å²) in [4.78, 5) is 11.5. The van der Waals surface area contributed by atoms with E-state index < -0.39 is 0 Å². The molecule has 0 radical (unpaired) electrons. The molecule has 15 heavy (non-hydrogen) atoms. The van der Waals surface area contributed by atoms with Gasteiger partial charge >= 0.3 is 0 Å². The number of hydrogen-bond acceptors (Lipinski definition) is 3. The number of carbonyl (C=O) groups excluding carboxylic acids is 1. The van der Waals surface area contributed by atoms with Gasteiger partial charge in [-0.2, -0.15) is 0 Å². The first-order valence-corrected chi connectivity index (χ1v) is 6.07. The SMILES string of the molecule is O=C1CCC[C@@H]2CC3(C[C@@H]2C1)OCCO3. The highest BCUT2D eigenvalue weighted by Crippen LogP contribution is 2.49. The topological polar surface area (TPSA) is 35.5 Å². The Bertz CT molecular complexity index is 268. The normalized spacial score (nSPS) is 39.3. The Morgan fingerprint density at radius 2 is 1.87 bits per heavy atom. The molecule has 3 aliphatic rings. The molecule has 0 N–H and O–H groups in total. The van der Waals surface area contributed by atoms with Crippen LogP contribution in [0, 0.1) is 11.8 Å². The second kappa shape index (κ2) is 3.56. The molecule has 2 aliphatic carbocycles. The zero-order valence-corrected chi connectivity index (χ0v) is 9.04. The monoisotopic (exact) mass is 210 g/mol. The Morgan fingerprint density at radius 3 is 2.67 bits per heavy atom. The van der Waals surface area contributed by atoms with E-state index in [4.69, 9.17) is 9.47 Å². The largest absolute Gasteiger partial charge is 0.348 e. The quantitative estimate of drug-likeness (QED) is 0.612. The molecule has 3 fully saturated rings. The number of Topliss-reactive ketones (excluding diaryl/α,β-unsaturated/α-hetero) is 1. The van der Waals surface area contributed by atoms with Crippen molar-refractivity contribution >= 4 is 5.78 Å². The maximum atomic E-state index is 11.5. The third kappa shape index (κ3) is 1.72. The van der Waals surface area contributed by atoms with Gasteiger partial charge in [-0.1, -0.05) is 0 Å². The second-order valence-electron chi connectivity index (χ2n) is 5.17. The molecule has 0 aromatic rings. The zero-order chi connectivity index (χ0) is 10.3. The molecule has 3 nitrogen and oxygen atoms in total. The van der Waals surface area contributed by atoms with Crippen molar-refractivity contribution in [2.45, 2.75) is 44.3 Å². The molecule has 0 bridgehead atoms. The van der Waals surface area contributed by atoms with Gasteiger partial charge in [0.1, 0.15) is 5.78 Å². The Balaban J connectivity index is 1.75. The van der Waals surface area contributed by atoms with Crippen LogP contribution in [0.25, 0.3) is 0 Å². The van der Waals surface area contributed by atoms with Gasteiger partial charge in [0.05, 0.1) is 13.2 Å². The molecule has 0 unspecified atom stereocenters. The molecule has 1 heterocycles. The fourth-order valence-corrected chi connectivity index (χ4v) is 3.48. The van der Waals surface area contributed by atoms with Gasteiger partial charge in [-0.3, -0.25) is 4.79 Å². The summed E-state index contributed by atoms with van der Waals surface area (Å²) in [5.41, 5.74) is 0. The van der Waals surface area contributed by atoms with Gasteiger partial charge in [0.25, 0.3) is 0 Å². The lowest BCUT2D eigenvalue weighted by Crippen LogP contribution is -2.26. The Morgan fingerprint density at radius 1 is 1.13 bits per heavy atom. The van der Waals surface area contributed by atoms with Crippen LogP contribution in [0.2, 0.25) is 0 Å². The fourth-order valence-electron chi connectivity index (χ4n) is 3.48. The minimum absolute atomic E-state index is 0.299. The molecule has 1 saturated heterocycles. The van der Waals surface area contributed by atoms with Crippen LogP contribution in [-0.4, -0.2) is 24.8 Å². The predicted molar refractivity (Wildman–Crippen MR) is 54.3 cm³/mol. The van der Waals surface area contributed by atoms with Crippen molar-refractivity contribution in [3.63, 3.8) is 0 Å². The van der Waals surface area contributed by atoms with Crippen LogP contribution >= 0.6 is 0 Å². The third-order valence-electron chi connectivity index (χ3n) is 4.15. The van der Waals surface area contributed by atoms with E-state index in [1.807, 2.05) is 0 Å². The van der Waals surface area contributed by atoms with Crippen LogP contribution in [-0.2, 0) is 14.3 Å². The minimum atomic E-state index is -0.299. The van der Waals surface area contributed by atoms with E-state index in [1.165, 1.54) is 6.42 Å². The first kappa shape index (κ1) is 9.79. The van der Waals surface area contributed by atoms with E-state index in [0.717, 1.165) is 45.3 Å². The summed E-state index contributed by atoms with van der Waals surface area (Å²) in [7, 11) is 0. The van der Waals surface area contributed by atoms with Crippen LogP contribution in [0.1, 0.15) is 38.5 Å². The number of hydrogen-bond donors (Lipinski definition) is 0. The van der Waals surface area contributed by atoms with Gasteiger partial charge in [0.15, 0.2) is 5.79 Å². The number of ketones is 1. The first-order chi connectivity index (χ1) is 7.27. The lowest BCUT2D eigenvalue weighted by Gasteiger charge is -2.21. The van der Waals surface area contributed by atoms with Crippen molar-refractivity contribution in [2.24, 2.45) is 11.8 Å². The second-order valence-corrected chi connectivity index (χ2v) is 5.17. The van der Waals surface area contributed by atoms with Crippen LogP contribution in [0.5, 0.6) is 0 Å². The molecular weight excluding hydrogens is 192 g/mol. The van der Waals surface area contributed by atoms with Gasteiger partial charge in [-0.15, -0.1) is 0 Å². The molecule has 84 valence electrons. The van der Waals surface area contributed by atoms with E-state index in [0.29, 0.717) is 17.6 Å². The summed E-state index contributed by atoms with van der Waals surface area (Å²) >= 11 is 0. The van der Waals surface area contributed by atoms with E-state index in [9.17, 15) is 4.79 Å². The average molecular weight is 210 g/mol. The van der Waals surface area contributed by atoms with Crippen LogP contribution < -0.4 is 0 Å². The zero-order valence-electron chi connectivity index (χ0n) is 9.04. The lowest BCUT2D eigenvalue weighted by molar-refractivity contribution is -0.154. The van der Waals surface area contributed by atoms with Gasteiger partial charge in [-0.25, -0.2) is 0 Å². The average Bonchev–Trinajstić information content (AvgIpc) is 2.72. The first-order valence-electron chi connectivity index (χ1n) is 6.07. The van der Waals surface area contributed by atoms with Crippen molar-refractivity contribution < 1.29 is 14.3 Å². The summed E-state index contributed by atoms with van der Waals surface area (Å²) in [6.45, 7) is 1.46. The van der Waals surface area contributed by atoms with Crippen molar-refractivity contribution in [3.8, 4) is 0 Å². The van der Waals surface area contributed by atoms with Crippen LogP contribution in [0.3, 0.4) is 0 Å². The van der Waals surface area contributed by atoms with Gasteiger partial charge in [-0.05, 0) is 24.7 Å². The molecule has 0 aromatic heterocycles. The summed E-state index contributed by atoms with van der Waals surface area (Å²) in [6.07, 6.45) is 5.77. The molecule has 1 aliphatic heterocycles. The van der Waals surface area contributed by atoms with Crippen LogP contribution in [0.4, 0.5) is 0 Å². The van der Waals surface area contributed by atoms with E-state index in [-0.39, 0.29) is 5.79 Å². The number of carbonyl (C=O) groups is 1. The molecule has 1 spiro atoms. The number of fused-ring (bicyclic) bond motifs is 1. The van der Waals surface area contributed by atoms with E-state index in [1.54, 1.807) is 0 Å².